The zero-order valence-corrected chi connectivity index (χ0v) is 11.5. The van der Waals surface area contributed by atoms with Crippen LogP contribution in [0.25, 0.3) is 0 Å². The average Bonchev–Trinajstić information content (AvgIpc) is 2.18. The first kappa shape index (κ1) is 15.9. The molecule has 1 fully saturated rings. The van der Waals surface area contributed by atoms with Gasteiger partial charge in [0.1, 0.15) is 0 Å². The van der Waals surface area contributed by atoms with Crippen molar-refractivity contribution >= 4 is 42.1 Å². The Bertz CT molecular complexity index is 320. The van der Waals surface area contributed by atoms with Gasteiger partial charge in [0, 0.05) is 36.4 Å². The number of anilines is 1. The molecule has 1 aliphatic heterocycles. The van der Waals surface area contributed by atoms with Crippen molar-refractivity contribution in [1.29, 1.82) is 0 Å². The first-order valence-electron chi connectivity index (χ1n) is 5.00. The number of nitrogens with zero attached hydrogens (tertiary/aromatic N) is 1. The van der Waals surface area contributed by atoms with Crippen LogP contribution in [0.3, 0.4) is 0 Å². The molecule has 1 N–H and O–H groups in total. The summed E-state index contributed by atoms with van der Waals surface area (Å²) in [6, 6.07) is 8.61. The molecule has 0 unspecified atom stereocenters. The van der Waals surface area contributed by atoms with Gasteiger partial charge in [-0.1, -0.05) is 17.7 Å². The molecule has 0 spiro atoms. The van der Waals surface area contributed by atoms with Crippen molar-refractivity contribution in [1.82, 2.24) is 5.32 Å². The highest BCUT2D eigenvalue weighted by Gasteiger charge is 2.17. The van der Waals surface area contributed by atoms with Gasteiger partial charge in [0.25, 0.3) is 0 Å². The van der Waals surface area contributed by atoms with Crippen molar-refractivity contribution < 1.29 is 0 Å². The molecule has 2 nitrogen and oxygen atoms in total. The molecule has 1 aromatic carbocycles. The van der Waals surface area contributed by atoms with Crippen LogP contribution in [0.15, 0.2) is 24.3 Å². The summed E-state index contributed by atoms with van der Waals surface area (Å²) in [4.78, 5) is 2.39. The number of nitrogens with one attached hydrogen (secondary N) is 1. The molecule has 0 aromatic heterocycles. The fourth-order valence-corrected chi connectivity index (χ4v) is 2.06. The number of halogens is 3. The van der Waals surface area contributed by atoms with E-state index in [1.54, 1.807) is 0 Å². The lowest BCUT2D eigenvalue weighted by atomic mass is 10.2. The fraction of sp³-hybridized carbons (Fsp3) is 0.455. The van der Waals surface area contributed by atoms with E-state index in [9.17, 15) is 0 Å². The van der Waals surface area contributed by atoms with E-state index in [1.807, 2.05) is 18.2 Å². The third kappa shape index (κ3) is 3.70. The topological polar surface area (TPSA) is 15.3 Å². The first-order valence-corrected chi connectivity index (χ1v) is 5.38. The highest BCUT2D eigenvalue weighted by Crippen LogP contribution is 2.21. The fourth-order valence-electron chi connectivity index (χ4n) is 1.88. The van der Waals surface area contributed by atoms with Crippen LogP contribution in [0.5, 0.6) is 0 Å². The molecule has 0 saturated carbocycles. The van der Waals surface area contributed by atoms with Gasteiger partial charge in [-0.05, 0) is 25.1 Å². The summed E-state index contributed by atoms with van der Waals surface area (Å²) in [5.74, 6) is 0. The first-order chi connectivity index (χ1) is 6.77. The van der Waals surface area contributed by atoms with Crippen molar-refractivity contribution in [2.45, 2.75) is 13.0 Å². The highest BCUT2D eigenvalue weighted by molar-refractivity contribution is 6.30. The van der Waals surface area contributed by atoms with E-state index in [0.717, 1.165) is 24.7 Å². The van der Waals surface area contributed by atoms with Crippen molar-refractivity contribution in [3.63, 3.8) is 0 Å². The van der Waals surface area contributed by atoms with E-state index in [-0.39, 0.29) is 24.8 Å². The second-order valence-corrected chi connectivity index (χ2v) is 4.16. The molecule has 1 aromatic rings. The van der Waals surface area contributed by atoms with Crippen LogP contribution >= 0.6 is 36.4 Å². The van der Waals surface area contributed by atoms with Gasteiger partial charge in [-0.3, -0.25) is 0 Å². The van der Waals surface area contributed by atoms with E-state index in [2.05, 4.69) is 23.2 Å². The molecule has 1 aliphatic rings. The average molecular weight is 284 g/mol. The largest absolute Gasteiger partial charge is 0.366 e. The van der Waals surface area contributed by atoms with Crippen LogP contribution in [-0.2, 0) is 0 Å². The lowest BCUT2D eigenvalue weighted by Crippen LogP contribution is -2.49. The maximum atomic E-state index is 5.97. The van der Waals surface area contributed by atoms with Gasteiger partial charge in [-0.25, -0.2) is 0 Å². The van der Waals surface area contributed by atoms with E-state index >= 15 is 0 Å². The SMILES string of the molecule is C[C@@H]1CNCCN1c1cccc(Cl)c1.Cl.Cl. The van der Waals surface area contributed by atoms with Crippen LogP contribution in [0.1, 0.15) is 6.92 Å². The second-order valence-electron chi connectivity index (χ2n) is 3.73. The predicted octanol–water partition coefficient (Wildman–Crippen LogP) is 2.98. The monoisotopic (exact) mass is 282 g/mol. The lowest BCUT2D eigenvalue weighted by molar-refractivity contribution is 0.501. The quantitative estimate of drug-likeness (QED) is 0.852. The van der Waals surface area contributed by atoms with E-state index in [4.69, 9.17) is 11.6 Å². The van der Waals surface area contributed by atoms with Crippen LogP contribution in [-0.4, -0.2) is 25.7 Å². The zero-order chi connectivity index (χ0) is 9.97. The number of piperazine rings is 1. The molecule has 0 aliphatic carbocycles. The van der Waals surface area contributed by atoms with E-state index < -0.39 is 0 Å². The van der Waals surface area contributed by atoms with Gasteiger partial charge in [-0.15, -0.1) is 24.8 Å². The molecule has 92 valence electrons. The standard InChI is InChI=1S/C11H15ClN2.2ClH/c1-9-8-13-5-6-14(9)11-4-2-3-10(12)7-11;;/h2-4,7,9,13H,5-6,8H2,1H3;2*1H/t9-;;/m1../s1. The van der Waals surface area contributed by atoms with Gasteiger partial charge in [0.05, 0.1) is 0 Å². The summed E-state index contributed by atoms with van der Waals surface area (Å²) in [7, 11) is 0. The summed E-state index contributed by atoms with van der Waals surface area (Å²) in [5, 5.41) is 4.19. The zero-order valence-electron chi connectivity index (χ0n) is 9.15. The minimum atomic E-state index is 0. The molecule has 0 bridgehead atoms. The van der Waals surface area contributed by atoms with Gasteiger partial charge in [-0.2, -0.15) is 0 Å². The Hall–Kier alpha value is -0.150. The van der Waals surface area contributed by atoms with Gasteiger partial charge in [0.15, 0.2) is 0 Å². The minimum absolute atomic E-state index is 0. The van der Waals surface area contributed by atoms with Crippen molar-refractivity contribution in [3.8, 4) is 0 Å². The van der Waals surface area contributed by atoms with Crippen molar-refractivity contribution in [3.05, 3.63) is 29.3 Å². The van der Waals surface area contributed by atoms with Crippen LogP contribution < -0.4 is 10.2 Å². The Morgan fingerprint density at radius 3 is 2.75 bits per heavy atom. The smallest absolute Gasteiger partial charge is 0.0426 e. The lowest BCUT2D eigenvalue weighted by Gasteiger charge is -2.35. The maximum absolute atomic E-state index is 5.97. The second kappa shape index (κ2) is 7.23. The van der Waals surface area contributed by atoms with Crippen LogP contribution in [0.2, 0.25) is 5.02 Å². The van der Waals surface area contributed by atoms with Crippen LogP contribution in [0, 0.1) is 0 Å². The normalized spacial score (nSPS) is 19.6. The molecule has 1 heterocycles. The van der Waals surface area contributed by atoms with Gasteiger partial charge in [0.2, 0.25) is 0 Å². The Kier molecular flexibility index (Phi) is 7.16. The predicted molar refractivity (Wildman–Crippen MR) is 75.6 cm³/mol. The Morgan fingerprint density at radius 2 is 2.12 bits per heavy atom. The summed E-state index contributed by atoms with van der Waals surface area (Å²) in [5.41, 5.74) is 1.23. The molecule has 2 rings (SSSR count). The molecular weight excluding hydrogens is 266 g/mol. The summed E-state index contributed by atoms with van der Waals surface area (Å²) in [6.07, 6.45) is 0. The van der Waals surface area contributed by atoms with Gasteiger partial charge < -0.3 is 10.2 Å². The molecular formula is C11H17Cl3N2. The summed E-state index contributed by atoms with van der Waals surface area (Å²) in [6.45, 7) is 5.39. The van der Waals surface area contributed by atoms with Crippen molar-refractivity contribution in [2.75, 3.05) is 24.5 Å². The van der Waals surface area contributed by atoms with Gasteiger partial charge >= 0.3 is 0 Å². The van der Waals surface area contributed by atoms with E-state index in [1.165, 1.54) is 5.69 Å². The Balaban J connectivity index is 0.00000112. The highest BCUT2D eigenvalue weighted by atomic mass is 35.5. The third-order valence-corrected chi connectivity index (χ3v) is 2.88. The number of rotatable bonds is 1. The van der Waals surface area contributed by atoms with E-state index in [0.29, 0.717) is 6.04 Å². The Morgan fingerprint density at radius 1 is 1.38 bits per heavy atom. The number of hydrogen-bond acceptors (Lipinski definition) is 2. The van der Waals surface area contributed by atoms with Crippen molar-refractivity contribution in [2.24, 2.45) is 0 Å². The van der Waals surface area contributed by atoms with Crippen LogP contribution in [0.4, 0.5) is 5.69 Å². The molecule has 16 heavy (non-hydrogen) atoms. The molecule has 5 heteroatoms. The minimum Gasteiger partial charge on any atom is -0.366 e. The molecule has 1 atom stereocenters. The summed E-state index contributed by atoms with van der Waals surface area (Å²) >= 11 is 5.97. The molecule has 0 amide bonds. The number of benzene rings is 1. The molecule has 1 saturated heterocycles. The third-order valence-electron chi connectivity index (χ3n) is 2.64. The molecule has 0 radical (unpaired) electrons. The Labute approximate surface area is 114 Å². The maximum Gasteiger partial charge on any atom is 0.0426 e. The number of hydrogen-bond donors (Lipinski definition) is 1. The summed E-state index contributed by atoms with van der Waals surface area (Å²) < 4.78 is 0.